The number of hydrogen-bond acceptors (Lipinski definition) is 5. The molecule has 7 heteroatoms. The number of likely N-dealkylation sites (tertiary alicyclic amines) is 2. The van der Waals surface area contributed by atoms with Gasteiger partial charge in [0.2, 0.25) is 0 Å². The Balaban J connectivity index is 1.78. The number of sulfone groups is 1. The van der Waals surface area contributed by atoms with E-state index in [0.717, 1.165) is 26.1 Å². The molecule has 0 radical (unpaired) electrons. The van der Waals surface area contributed by atoms with E-state index in [2.05, 4.69) is 16.7 Å². The summed E-state index contributed by atoms with van der Waals surface area (Å²) >= 11 is 0. The van der Waals surface area contributed by atoms with Gasteiger partial charge in [-0.25, -0.2) is 8.42 Å². The molecule has 2 saturated heterocycles. The van der Waals surface area contributed by atoms with Gasteiger partial charge in [-0.3, -0.25) is 4.79 Å². The zero-order valence-electron chi connectivity index (χ0n) is 14.1. The molecular weight excluding hydrogens is 316 g/mol. The zero-order valence-corrected chi connectivity index (χ0v) is 14.9. The second-order valence-corrected chi connectivity index (χ2v) is 9.32. The maximum absolute atomic E-state index is 11.7. The topological polar surface area (TPSA) is 77.9 Å². The second-order valence-electron chi connectivity index (χ2n) is 7.13. The molecule has 0 aliphatic carbocycles. The molecule has 6 nitrogen and oxygen atoms in total. The van der Waals surface area contributed by atoms with Gasteiger partial charge in [0.1, 0.15) is 5.75 Å². The maximum Gasteiger partial charge on any atom is 0.318 e. The number of carbonyl (C=O) groups is 1. The molecule has 2 atom stereocenters. The molecule has 0 aromatic heterocycles. The molecule has 2 aliphatic heterocycles. The molecule has 134 valence electrons. The lowest BCUT2D eigenvalue weighted by molar-refractivity contribution is -0.134. The Morgan fingerprint density at radius 3 is 2.65 bits per heavy atom. The summed E-state index contributed by atoms with van der Waals surface area (Å²) in [6.45, 7) is 6.92. The molecule has 2 aliphatic rings. The van der Waals surface area contributed by atoms with Crippen molar-refractivity contribution >= 4 is 15.8 Å². The molecule has 0 spiro atoms. The molecule has 23 heavy (non-hydrogen) atoms. The van der Waals surface area contributed by atoms with Crippen molar-refractivity contribution in [1.29, 1.82) is 0 Å². The third kappa shape index (κ3) is 6.39. The fourth-order valence-corrected chi connectivity index (χ4v) is 4.85. The molecule has 1 N–H and O–H groups in total. The number of rotatable bonds is 7. The summed E-state index contributed by atoms with van der Waals surface area (Å²) in [5.41, 5.74) is 0. The van der Waals surface area contributed by atoms with Crippen molar-refractivity contribution in [2.75, 3.05) is 44.2 Å². The van der Waals surface area contributed by atoms with Gasteiger partial charge in [0.25, 0.3) is 0 Å². The molecule has 2 fully saturated rings. The highest BCUT2D eigenvalue weighted by molar-refractivity contribution is 7.92. The molecule has 0 aromatic rings. The van der Waals surface area contributed by atoms with Gasteiger partial charge in [-0.2, -0.15) is 0 Å². The number of carboxylic acids is 1. The zero-order chi connectivity index (χ0) is 16.9. The van der Waals surface area contributed by atoms with Crippen LogP contribution in [0.2, 0.25) is 0 Å². The Kier molecular flexibility index (Phi) is 6.85. The first-order valence-corrected chi connectivity index (χ1v) is 10.6. The van der Waals surface area contributed by atoms with Crippen LogP contribution in [0.15, 0.2) is 0 Å². The van der Waals surface area contributed by atoms with Gasteiger partial charge in [0, 0.05) is 25.7 Å². The Labute approximate surface area is 139 Å². The quantitative estimate of drug-likeness (QED) is 0.743. The average molecular weight is 346 g/mol. The first-order chi connectivity index (χ1) is 10.9. The third-order valence-corrected chi connectivity index (χ3v) is 6.59. The van der Waals surface area contributed by atoms with Crippen LogP contribution in [-0.2, 0) is 14.6 Å². The molecular formula is C16H30N2O4S. The average Bonchev–Trinajstić information content (AvgIpc) is 2.47. The van der Waals surface area contributed by atoms with E-state index < -0.39 is 21.6 Å². The number of aliphatic carboxylic acids is 1. The Hall–Kier alpha value is -0.660. The lowest BCUT2D eigenvalue weighted by Gasteiger charge is -2.39. The molecule has 0 bridgehead atoms. The van der Waals surface area contributed by atoms with Crippen molar-refractivity contribution in [3.8, 4) is 0 Å². The van der Waals surface area contributed by atoms with Crippen LogP contribution < -0.4 is 0 Å². The first-order valence-electron chi connectivity index (χ1n) is 8.74. The minimum Gasteiger partial charge on any atom is -0.480 e. The van der Waals surface area contributed by atoms with Crippen LogP contribution in [0.3, 0.4) is 0 Å². The molecule has 0 saturated carbocycles. The highest BCUT2D eigenvalue weighted by Crippen LogP contribution is 2.22. The summed E-state index contributed by atoms with van der Waals surface area (Å²) in [6, 6.07) is 0.662. The first kappa shape index (κ1) is 18.7. The van der Waals surface area contributed by atoms with Crippen molar-refractivity contribution in [2.45, 2.75) is 45.1 Å². The summed E-state index contributed by atoms with van der Waals surface area (Å²) in [5, 5.41) is 8.64. The van der Waals surface area contributed by atoms with E-state index in [1.807, 2.05) is 0 Å². The van der Waals surface area contributed by atoms with Crippen LogP contribution in [0.5, 0.6) is 0 Å². The normalized spacial score (nSPS) is 27.9. The van der Waals surface area contributed by atoms with Crippen LogP contribution in [0.1, 0.15) is 39.0 Å². The Morgan fingerprint density at radius 2 is 1.96 bits per heavy atom. The van der Waals surface area contributed by atoms with Gasteiger partial charge in [0.05, 0.1) is 5.75 Å². The summed E-state index contributed by atoms with van der Waals surface area (Å²) in [7, 11) is -3.49. The predicted molar refractivity (Wildman–Crippen MR) is 90.3 cm³/mol. The summed E-state index contributed by atoms with van der Waals surface area (Å²) in [5.74, 6) is -1.46. The van der Waals surface area contributed by atoms with Gasteiger partial charge >= 0.3 is 5.97 Å². The number of carboxylic acid groups (broad SMARTS) is 1. The van der Waals surface area contributed by atoms with E-state index in [-0.39, 0.29) is 5.75 Å². The summed E-state index contributed by atoms with van der Waals surface area (Å²) < 4.78 is 23.4. The minimum absolute atomic E-state index is 0.0495. The minimum atomic E-state index is -3.49. The summed E-state index contributed by atoms with van der Waals surface area (Å²) in [4.78, 5) is 15.4. The van der Waals surface area contributed by atoms with E-state index in [0.29, 0.717) is 18.5 Å². The highest BCUT2D eigenvalue weighted by Gasteiger charge is 2.26. The lowest BCUT2D eigenvalue weighted by Crippen LogP contribution is -2.46. The standard InChI is InChI=1S/C16H30N2O4S/c1-14-5-2-3-8-18(14)12-15-6-4-7-17(11-15)9-10-23(21,22)13-16(19)20/h14-15H,2-13H2,1H3,(H,19,20). The molecule has 2 rings (SSSR count). The SMILES string of the molecule is CC1CCCCN1CC1CCCN(CCS(=O)(=O)CC(=O)O)C1. The van der Waals surface area contributed by atoms with Gasteiger partial charge in [-0.05, 0) is 51.6 Å². The van der Waals surface area contributed by atoms with Crippen molar-refractivity contribution in [3.05, 3.63) is 0 Å². The highest BCUT2D eigenvalue weighted by atomic mass is 32.2. The van der Waals surface area contributed by atoms with Crippen LogP contribution in [0.25, 0.3) is 0 Å². The monoisotopic (exact) mass is 346 g/mol. The van der Waals surface area contributed by atoms with Crippen molar-refractivity contribution in [2.24, 2.45) is 5.92 Å². The van der Waals surface area contributed by atoms with Crippen LogP contribution in [0, 0.1) is 5.92 Å². The number of hydrogen-bond donors (Lipinski definition) is 1. The summed E-state index contributed by atoms with van der Waals surface area (Å²) in [6.07, 6.45) is 6.21. The molecule has 2 unspecified atom stereocenters. The van der Waals surface area contributed by atoms with E-state index in [1.165, 1.54) is 32.2 Å². The van der Waals surface area contributed by atoms with Gasteiger partial charge in [0.15, 0.2) is 9.84 Å². The fourth-order valence-electron chi connectivity index (χ4n) is 3.79. The predicted octanol–water partition coefficient (Wildman–Crippen LogP) is 1.07. The van der Waals surface area contributed by atoms with Crippen molar-refractivity contribution < 1.29 is 18.3 Å². The fraction of sp³-hybridized carbons (Fsp3) is 0.938. The van der Waals surface area contributed by atoms with Crippen LogP contribution in [0.4, 0.5) is 0 Å². The van der Waals surface area contributed by atoms with Crippen molar-refractivity contribution in [1.82, 2.24) is 9.80 Å². The van der Waals surface area contributed by atoms with Crippen molar-refractivity contribution in [3.63, 3.8) is 0 Å². The largest absolute Gasteiger partial charge is 0.480 e. The number of piperidine rings is 2. The smallest absolute Gasteiger partial charge is 0.318 e. The second kappa shape index (κ2) is 8.44. The van der Waals surface area contributed by atoms with E-state index >= 15 is 0 Å². The molecule has 0 aromatic carbocycles. The van der Waals surface area contributed by atoms with Crippen LogP contribution >= 0.6 is 0 Å². The maximum atomic E-state index is 11.7. The molecule has 2 heterocycles. The lowest BCUT2D eigenvalue weighted by atomic mass is 9.95. The molecule has 0 amide bonds. The number of nitrogens with zero attached hydrogens (tertiary/aromatic N) is 2. The Bertz CT molecular complexity index is 494. The van der Waals surface area contributed by atoms with E-state index in [1.54, 1.807) is 0 Å². The van der Waals surface area contributed by atoms with Gasteiger partial charge in [-0.15, -0.1) is 0 Å². The van der Waals surface area contributed by atoms with Gasteiger partial charge < -0.3 is 14.9 Å². The van der Waals surface area contributed by atoms with E-state index in [4.69, 9.17) is 5.11 Å². The third-order valence-electron chi connectivity index (χ3n) is 5.10. The van der Waals surface area contributed by atoms with Crippen LogP contribution in [-0.4, -0.2) is 79.6 Å². The van der Waals surface area contributed by atoms with E-state index in [9.17, 15) is 13.2 Å². The Morgan fingerprint density at radius 1 is 1.17 bits per heavy atom. The van der Waals surface area contributed by atoms with Gasteiger partial charge in [-0.1, -0.05) is 6.42 Å².